The number of pyridine rings is 1. The number of aromatic nitrogens is 4. The maximum absolute atomic E-state index is 12.9. The van der Waals surface area contributed by atoms with E-state index in [4.69, 9.17) is 5.26 Å². The Kier molecular flexibility index (Phi) is 3.53. The van der Waals surface area contributed by atoms with Crippen LogP contribution in [0, 0.1) is 11.3 Å². The van der Waals surface area contributed by atoms with E-state index in [9.17, 15) is 4.79 Å². The SMILES string of the molecule is N#Cc1ccc(-c2ccc3c(=O)n4[nH]c(-c5cccnc5)cc4nc3c2)cc1. The number of nitriles is 1. The highest BCUT2D eigenvalue weighted by Gasteiger charge is 2.11. The van der Waals surface area contributed by atoms with Crippen LogP contribution < -0.4 is 5.56 Å². The number of fused-ring (bicyclic) bond motifs is 2. The maximum Gasteiger partial charge on any atom is 0.280 e. The highest BCUT2D eigenvalue weighted by Crippen LogP contribution is 2.24. The fourth-order valence-electron chi connectivity index (χ4n) is 3.28. The maximum atomic E-state index is 12.9. The molecule has 0 saturated heterocycles. The van der Waals surface area contributed by atoms with Crippen molar-refractivity contribution in [2.45, 2.75) is 0 Å². The number of H-pyrrole nitrogens is 1. The molecule has 0 atom stereocenters. The first-order valence-corrected chi connectivity index (χ1v) is 8.69. The van der Waals surface area contributed by atoms with Crippen LogP contribution in [0.4, 0.5) is 0 Å². The van der Waals surface area contributed by atoms with Gasteiger partial charge in [-0.15, -0.1) is 0 Å². The summed E-state index contributed by atoms with van der Waals surface area (Å²) in [5.74, 6) is 0. The van der Waals surface area contributed by atoms with Crippen molar-refractivity contribution in [1.29, 1.82) is 5.26 Å². The molecule has 0 fully saturated rings. The predicted octanol–water partition coefficient (Wildman–Crippen LogP) is 3.78. The molecule has 6 heteroatoms. The van der Waals surface area contributed by atoms with Crippen molar-refractivity contribution < 1.29 is 0 Å². The molecule has 132 valence electrons. The summed E-state index contributed by atoms with van der Waals surface area (Å²) >= 11 is 0. The molecule has 0 radical (unpaired) electrons. The van der Waals surface area contributed by atoms with Gasteiger partial charge in [-0.05, 0) is 47.5 Å². The van der Waals surface area contributed by atoms with Crippen LogP contribution >= 0.6 is 0 Å². The van der Waals surface area contributed by atoms with Gasteiger partial charge in [0.25, 0.3) is 5.56 Å². The molecule has 0 bridgehead atoms. The van der Waals surface area contributed by atoms with Crippen molar-refractivity contribution in [3.8, 4) is 28.5 Å². The molecular formula is C22H13N5O. The van der Waals surface area contributed by atoms with Crippen molar-refractivity contribution in [2.24, 2.45) is 0 Å². The molecule has 0 unspecified atom stereocenters. The molecule has 6 nitrogen and oxygen atoms in total. The zero-order valence-electron chi connectivity index (χ0n) is 14.6. The summed E-state index contributed by atoms with van der Waals surface area (Å²) in [6.45, 7) is 0. The Bertz CT molecular complexity index is 1420. The zero-order chi connectivity index (χ0) is 19.1. The summed E-state index contributed by atoms with van der Waals surface area (Å²) in [4.78, 5) is 21.7. The number of benzene rings is 2. The Morgan fingerprint density at radius 1 is 0.964 bits per heavy atom. The number of nitrogens with one attached hydrogen (secondary N) is 1. The lowest BCUT2D eigenvalue weighted by molar-refractivity contribution is 0.919. The van der Waals surface area contributed by atoms with Crippen LogP contribution in [-0.4, -0.2) is 19.6 Å². The van der Waals surface area contributed by atoms with Crippen LogP contribution in [0.3, 0.4) is 0 Å². The Morgan fingerprint density at radius 3 is 2.54 bits per heavy atom. The summed E-state index contributed by atoms with van der Waals surface area (Å²) in [6, 6.07) is 20.6. The summed E-state index contributed by atoms with van der Waals surface area (Å²) in [5.41, 5.74) is 5.20. The molecule has 5 aromatic rings. The van der Waals surface area contributed by atoms with Crippen LogP contribution in [-0.2, 0) is 0 Å². The smallest absolute Gasteiger partial charge is 0.280 e. The first-order valence-electron chi connectivity index (χ1n) is 8.69. The van der Waals surface area contributed by atoms with Gasteiger partial charge in [0.2, 0.25) is 0 Å². The van der Waals surface area contributed by atoms with Crippen molar-refractivity contribution in [2.75, 3.05) is 0 Å². The normalized spacial score (nSPS) is 11.0. The molecule has 28 heavy (non-hydrogen) atoms. The highest BCUT2D eigenvalue weighted by atomic mass is 16.1. The lowest BCUT2D eigenvalue weighted by Crippen LogP contribution is -2.15. The van der Waals surface area contributed by atoms with E-state index in [1.807, 2.05) is 42.5 Å². The molecule has 5 rings (SSSR count). The molecule has 0 amide bonds. The lowest BCUT2D eigenvalue weighted by Gasteiger charge is -2.04. The van der Waals surface area contributed by atoms with Gasteiger partial charge in [-0.1, -0.05) is 18.2 Å². The van der Waals surface area contributed by atoms with E-state index in [0.29, 0.717) is 22.1 Å². The largest absolute Gasteiger partial charge is 0.289 e. The summed E-state index contributed by atoms with van der Waals surface area (Å²) in [7, 11) is 0. The van der Waals surface area contributed by atoms with Gasteiger partial charge in [0.05, 0.1) is 28.2 Å². The minimum absolute atomic E-state index is 0.151. The third-order valence-electron chi connectivity index (χ3n) is 4.72. The second-order valence-corrected chi connectivity index (χ2v) is 6.44. The zero-order valence-corrected chi connectivity index (χ0v) is 14.6. The quantitative estimate of drug-likeness (QED) is 0.517. The van der Waals surface area contributed by atoms with Gasteiger partial charge in [-0.2, -0.15) is 5.26 Å². The van der Waals surface area contributed by atoms with E-state index in [1.165, 1.54) is 4.52 Å². The molecule has 0 aliphatic rings. The fourth-order valence-corrected chi connectivity index (χ4v) is 3.28. The van der Waals surface area contributed by atoms with Gasteiger partial charge in [0, 0.05) is 24.0 Å². The van der Waals surface area contributed by atoms with Crippen LogP contribution in [0.15, 0.2) is 77.9 Å². The first-order chi connectivity index (χ1) is 13.7. The summed E-state index contributed by atoms with van der Waals surface area (Å²) in [5, 5.41) is 12.6. The number of hydrogen-bond donors (Lipinski definition) is 1. The molecule has 0 saturated carbocycles. The number of aromatic amines is 1. The fraction of sp³-hybridized carbons (Fsp3) is 0. The van der Waals surface area contributed by atoms with E-state index in [1.54, 1.807) is 30.6 Å². The average molecular weight is 363 g/mol. The second kappa shape index (κ2) is 6.18. The molecular weight excluding hydrogens is 350 g/mol. The van der Waals surface area contributed by atoms with Crippen molar-refractivity contribution in [3.63, 3.8) is 0 Å². The van der Waals surface area contributed by atoms with E-state index in [2.05, 4.69) is 21.1 Å². The number of rotatable bonds is 2. The molecule has 0 spiro atoms. The van der Waals surface area contributed by atoms with Crippen LogP contribution in [0.1, 0.15) is 5.56 Å². The Balaban J connectivity index is 1.68. The van der Waals surface area contributed by atoms with Crippen molar-refractivity contribution in [1.82, 2.24) is 19.6 Å². The van der Waals surface area contributed by atoms with Crippen molar-refractivity contribution in [3.05, 3.63) is 89.0 Å². The third-order valence-corrected chi connectivity index (χ3v) is 4.72. The van der Waals surface area contributed by atoms with E-state index >= 15 is 0 Å². The lowest BCUT2D eigenvalue weighted by atomic mass is 10.0. The standard InChI is InChI=1S/C22H13N5O/c23-12-14-3-5-15(6-4-14)16-7-8-18-20(10-16)25-21-11-19(26-27(21)22(18)28)17-2-1-9-24-13-17/h1-11,13,26H. The topological polar surface area (TPSA) is 86.8 Å². The predicted molar refractivity (Wildman–Crippen MR) is 107 cm³/mol. The Hall–Kier alpha value is -4.24. The highest BCUT2D eigenvalue weighted by molar-refractivity contribution is 5.85. The minimum Gasteiger partial charge on any atom is -0.289 e. The number of nitrogens with zero attached hydrogens (tertiary/aromatic N) is 4. The summed E-state index contributed by atoms with van der Waals surface area (Å²) < 4.78 is 1.45. The summed E-state index contributed by atoms with van der Waals surface area (Å²) in [6.07, 6.45) is 3.44. The molecule has 1 N–H and O–H groups in total. The van der Waals surface area contributed by atoms with Gasteiger partial charge in [-0.3, -0.25) is 14.9 Å². The van der Waals surface area contributed by atoms with Gasteiger partial charge < -0.3 is 0 Å². The third kappa shape index (κ3) is 2.54. The molecule has 3 heterocycles. The van der Waals surface area contributed by atoms with E-state index in [-0.39, 0.29) is 5.56 Å². The average Bonchev–Trinajstić information content (AvgIpc) is 3.19. The van der Waals surface area contributed by atoms with Gasteiger partial charge in [0.1, 0.15) is 0 Å². The second-order valence-electron chi connectivity index (χ2n) is 6.44. The van der Waals surface area contributed by atoms with Gasteiger partial charge >= 0.3 is 0 Å². The van der Waals surface area contributed by atoms with E-state index in [0.717, 1.165) is 22.4 Å². The number of hydrogen-bond acceptors (Lipinski definition) is 4. The van der Waals surface area contributed by atoms with Gasteiger partial charge in [0.15, 0.2) is 5.65 Å². The van der Waals surface area contributed by atoms with Crippen LogP contribution in [0.2, 0.25) is 0 Å². The van der Waals surface area contributed by atoms with Crippen LogP contribution in [0.25, 0.3) is 38.9 Å². The Labute approximate surface area is 159 Å². The molecule has 0 aliphatic heterocycles. The van der Waals surface area contributed by atoms with Crippen molar-refractivity contribution >= 4 is 16.6 Å². The molecule has 2 aromatic carbocycles. The molecule has 0 aliphatic carbocycles. The Morgan fingerprint density at radius 2 is 1.79 bits per heavy atom. The monoisotopic (exact) mass is 363 g/mol. The molecule has 3 aromatic heterocycles. The van der Waals surface area contributed by atoms with E-state index < -0.39 is 0 Å². The van der Waals surface area contributed by atoms with Gasteiger partial charge in [-0.25, -0.2) is 9.50 Å². The van der Waals surface area contributed by atoms with Crippen LogP contribution in [0.5, 0.6) is 0 Å². The minimum atomic E-state index is -0.151. The first kappa shape index (κ1) is 16.0.